The molecule has 2 aromatic rings. The molecule has 0 amide bonds. The van der Waals surface area contributed by atoms with Gasteiger partial charge in [-0.05, 0) is 67.4 Å². The molecule has 1 atom stereocenters. The first-order valence-electron chi connectivity index (χ1n) is 12.1. The first-order valence-corrected chi connectivity index (χ1v) is 12.1. The Morgan fingerprint density at radius 3 is 1.29 bits per heavy atom. The number of rotatable bonds is 3. The van der Waals surface area contributed by atoms with Gasteiger partial charge in [0.2, 0.25) is 0 Å². The lowest BCUT2D eigenvalue weighted by molar-refractivity contribution is 0.483. The third-order valence-corrected chi connectivity index (χ3v) is 6.36. The summed E-state index contributed by atoms with van der Waals surface area (Å²) >= 11 is 0. The lowest BCUT2D eigenvalue weighted by Crippen LogP contribution is -2.32. The molecule has 2 aromatic carbocycles. The highest BCUT2D eigenvalue weighted by Gasteiger charge is 2.37. The lowest BCUT2D eigenvalue weighted by atomic mass is 9.63. The molecule has 0 aromatic heterocycles. The summed E-state index contributed by atoms with van der Waals surface area (Å²) in [6.07, 6.45) is 1.07. The zero-order valence-electron chi connectivity index (χ0n) is 22.7. The molecular weight excluding hydrogens is 372 g/mol. The van der Waals surface area contributed by atoms with Crippen molar-refractivity contribution in [1.82, 2.24) is 0 Å². The summed E-state index contributed by atoms with van der Waals surface area (Å²) in [5, 5.41) is 0. The molecule has 0 radical (unpaired) electrons. The topological polar surface area (TPSA) is 0 Å². The van der Waals surface area contributed by atoms with Crippen LogP contribution in [-0.4, -0.2) is 0 Å². The minimum absolute atomic E-state index is 0.0826. The molecule has 0 aliphatic carbocycles. The van der Waals surface area contributed by atoms with E-state index in [1.807, 2.05) is 0 Å². The Bertz CT molecular complexity index is 835. The van der Waals surface area contributed by atoms with Gasteiger partial charge in [0.25, 0.3) is 0 Å². The molecule has 0 saturated carbocycles. The van der Waals surface area contributed by atoms with Gasteiger partial charge in [0, 0.05) is 0 Å². The van der Waals surface area contributed by atoms with Crippen molar-refractivity contribution in [3.8, 4) is 0 Å². The van der Waals surface area contributed by atoms with E-state index in [1.54, 1.807) is 16.7 Å². The summed E-state index contributed by atoms with van der Waals surface area (Å²) in [6.45, 7) is 31.2. The summed E-state index contributed by atoms with van der Waals surface area (Å²) in [5.74, 6) is 0.453. The SMILES string of the molecule is CC(Cc1ccccc1)c1c(C(C)(C)C)c(C(C)(C)C)cc(C(C)(C)C)c1C(C)(C)C. The summed E-state index contributed by atoms with van der Waals surface area (Å²) in [4.78, 5) is 0. The predicted molar refractivity (Wildman–Crippen MR) is 140 cm³/mol. The second-order valence-electron chi connectivity index (χ2n) is 13.7. The first-order chi connectivity index (χ1) is 13.8. The van der Waals surface area contributed by atoms with Crippen LogP contribution in [0.4, 0.5) is 0 Å². The molecule has 0 nitrogen and oxygen atoms in total. The van der Waals surface area contributed by atoms with Gasteiger partial charge in [0.1, 0.15) is 0 Å². The standard InChI is InChI=1S/C31H48/c1-21(19-22-17-15-14-16-18-22)25-26(30(8,9)10)23(28(2,3)4)20-24(29(5,6)7)27(25)31(11,12)13/h14-18,20-21H,19H2,1-13H3. The Hall–Kier alpha value is -1.56. The van der Waals surface area contributed by atoms with Crippen LogP contribution in [0.1, 0.15) is 129 Å². The van der Waals surface area contributed by atoms with Crippen LogP contribution in [0, 0.1) is 0 Å². The molecule has 0 aliphatic heterocycles. The molecule has 172 valence electrons. The van der Waals surface area contributed by atoms with Crippen molar-refractivity contribution in [2.45, 2.75) is 124 Å². The number of hydrogen-bond donors (Lipinski definition) is 0. The van der Waals surface area contributed by atoms with Crippen LogP contribution >= 0.6 is 0 Å². The zero-order valence-corrected chi connectivity index (χ0v) is 22.7. The second kappa shape index (κ2) is 8.42. The third kappa shape index (κ3) is 5.82. The van der Waals surface area contributed by atoms with E-state index in [2.05, 4.69) is 126 Å². The molecule has 2 rings (SSSR count). The molecule has 0 aliphatic rings. The maximum Gasteiger partial charge on any atom is -0.0126 e. The molecule has 1 unspecified atom stereocenters. The molecule has 0 spiro atoms. The van der Waals surface area contributed by atoms with Crippen molar-refractivity contribution in [3.05, 3.63) is 69.8 Å². The van der Waals surface area contributed by atoms with Gasteiger partial charge in [0.05, 0.1) is 0 Å². The highest BCUT2D eigenvalue weighted by atomic mass is 14.4. The van der Waals surface area contributed by atoms with Crippen LogP contribution in [0.2, 0.25) is 0 Å². The van der Waals surface area contributed by atoms with E-state index < -0.39 is 0 Å². The van der Waals surface area contributed by atoms with Gasteiger partial charge in [-0.3, -0.25) is 0 Å². The van der Waals surface area contributed by atoms with Crippen molar-refractivity contribution in [1.29, 1.82) is 0 Å². The van der Waals surface area contributed by atoms with Crippen LogP contribution in [-0.2, 0) is 28.1 Å². The van der Waals surface area contributed by atoms with Gasteiger partial charge < -0.3 is 0 Å². The summed E-state index contributed by atoms with van der Waals surface area (Å²) in [5.41, 5.74) is 9.57. The smallest absolute Gasteiger partial charge is 0.0126 e. The Kier molecular flexibility index (Phi) is 6.98. The molecule has 31 heavy (non-hydrogen) atoms. The van der Waals surface area contributed by atoms with Gasteiger partial charge in [-0.2, -0.15) is 0 Å². The van der Waals surface area contributed by atoms with Crippen LogP contribution in [0.3, 0.4) is 0 Å². The summed E-state index contributed by atoms with van der Waals surface area (Å²) < 4.78 is 0. The first kappa shape index (κ1) is 25.7. The molecule has 0 saturated heterocycles. The Morgan fingerprint density at radius 2 is 0.968 bits per heavy atom. The van der Waals surface area contributed by atoms with Gasteiger partial charge in [-0.15, -0.1) is 0 Å². The largest absolute Gasteiger partial charge is 0.0622 e. The van der Waals surface area contributed by atoms with Crippen LogP contribution < -0.4 is 0 Å². The average Bonchev–Trinajstić information content (AvgIpc) is 2.57. The van der Waals surface area contributed by atoms with Crippen molar-refractivity contribution in [2.24, 2.45) is 0 Å². The quantitative estimate of drug-likeness (QED) is 0.464. The minimum Gasteiger partial charge on any atom is -0.0622 e. The van der Waals surface area contributed by atoms with Crippen LogP contribution in [0.5, 0.6) is 0 Å². The Balaban J connectivity index is 3.03. The summed E-state index contributed by atoms with van der Waals surface area (Å²) in [7, 11) is 0. The van der Waals surface area contributed by atoms with E-state index in [9.17, 15) is 0 Å². The van der Waals surface area contributed by atoms with Crippen molar-refractivity contribution in [3.63, 3.8) is 0 Å². The molecule has 0 fully saturated rings. The van der Waals surface area contributed by atoms with Gasteiger partial charge in [-0.1, -0.05) is 126 Å². The van der Waals surface area contributed by atoms with E-state index in [-0.39, 0.29) is 21.7 Å². The normalized spacial score (nSPS) is 14.6. The minimum atomic E-state index is 0.0826. The van der Waals surface area contributed by atoms with E-state index in [4.69, 9.17) is 0 Å². The van der Waals surface area contributed by atoms with Gasteiger partial charge in [-0.25, -0.2) is 0 Å². The van der Waals surface area contributed by atoms with Crippen molar-refractivity contribution in [2.75, 3.05) is 0 Å². The fourth-order valence-corrected chi connectivity index (χ4v) is 5.07. The molecule has 0 heterocycles. The monoisotopic (exact) mass is 420 g/mol. The lowest BCUT2D eigenvalue weighted by Gasteiger charge is -2.42. The highest BCUT2D eigenvalue weighted by Crippen LogP contribution is 2.48. The highest BCUT2D eigenvalue weighted by molar-refractivity contribution is 5.57. The van der Waals surface area contributed by atoms with E-state index in [0.29, 0.717) is 5.92 Å². The third-order valence-electron chi connectivity index (χ3n) is 6.36. The van der Waals surface area contributed by atoms with E-state index >= 15 is 0 Å². The Labute approximate surface area is 193 Å². The van der Waals surface area contributed by atoms with E-state index in [1.165, 1.54) is 16.7 Å². The predicted octanol–water partition coefficient (Wildman–Crippen LogP) is 9.22. The maximum absolute atomic E-state index is 2.57. The number of hydrogen-bond acceptors (Lipinski definition) is 0. The van der Waals surface area contributed by atoms with Crippen molar-refractivity contribution >= 4 is 0 Å². The second-order valence-corrected chi connectivity index (χ2v) is 13.7. The van der Waals surface area contributed by atoms with Gasteiger partial charge >= 0.3 is 0 Å². The number of benzene rings is 2. The molecular formula is C31H48. The molecule has 0 bridgehead atoms. The van der Waals surface area contributed by atoms with E-state index in [0.717, 1.165) is 6.42 Å². The average molecular weight is 421 g/mol. The zero-order chi connectivity index (χ0) is 24.0. The summed E-state index contributed by atoms with van der Waals surface area (Å²) in [6, 6.07) is 13.6. The molecule has 0 heteroatoms. The van der Waals surface area contributed by atoms with Gasteiger partial charge in [0.15, 0.2) is 0 Å². The van der Waals surface area contributed by atoms with Crippen LogP contribution in [0.15, 0.2) is 36.4 Å². The van der Waals surface area contributed by atoms with Crippen molar-refractivity contribution < 1.29 is 0 Å². The Morgan fingerprint density at radius 1 is 0.581 bits per heavy atom. The fourth-order valence-electron chi connectivity index (χ4n) is 5.07. The maximum atomic E-state index is 2.57. The molecule has 0 N–H and O–H groups in total. The van der Waals surface area contributed by atoms with Crippen LogP contribution in [0.25, 0.3) is 0 Å². The fraction of sp³-hybridized carbons (Fsp3) is 0.613.